The van der Waals surface area contributed by atoms with Crippen molar-refractivity contribution in [2.45, 2.75) is 64.8 Å². The van der Waals surface area contributed by atoms with E-state index in [9.17, 15) is 4.79 Å². The van der Waals surface area contributed by atoms with Gasteiger partial charge < -0.3 is 4.90 Å². The Morgan fingerprint density at radius 2 is 1.46 bits per heavy atom. The minimum atomic E-state index is -0.0732. The van der Waals surface area contributed by atoms with E-state index in [0.29, 0.717) is 5.56 Å². The van der Waals surface area contributed by atoms with Gasteiger partial charge in [0.15, 0.2) is 0 Å². The summed E-state index contributed by atoms with van der Waals surface area (Å²) < 4.78 is 0. The second-order valence-corrected chi connectivity index (χ2v) is 6.53. The number of rotatable bonds is 8. The molecule has 0 heterocycles. The summed E-state index contributed by atoms with van der Waals surface area (Å²) in [6.07, 6.45) is 6.28. The number of hydrogen-bond acceptors (Lipinski definition) is 2. The van der Waals surface area contributed by atoms with E-state index in [1.54, 1.807) is 24.1 Å². The molecule has 1 rings (SSSR count). The van der Waals surface area contributed by atoms with Crippen molar-refractivity contribution >= 4 is 11.7 Å². The lowest BCUT2D eigenvalue weighted by molar-refractivity contribution is 0.111. The first-order valence-electron chi connectivity index (χ1n) is 8.97. The Bertz CT molecular complexity index is 542. The van der Waals surface area contributed by atoms with Crippen molar-refractivity contribution in [3.05, 3.63) is 29.8 Å². The van der Waals surface area contributed by atoms with E-state index in [0.717, 1.165) is 44.2 Å². The molecule has 4 heteroatoms. The first-order valence-corrected chi connectivity index (χ1v) is 8.97. The summed E-state index contributed by atoms with van der Waals surface area (Å²) in [5, 5.41) is 8.91. The number of carbonyl (C=O) groups is 1. The number of urea groups is 1. The van der Waals surface area contributed by atoms with Crippen LogP contribution in [0.15, 0.2) is 24.3 Å². The van der Waals surface area contributed by atoms with Crippen molar-refractivity contribution < 1.29 is 4.79 Å². The van der Waals surface area contributed by atoms with Crippen molar-refractivity contribution in [1.29, 1.82) is 5.26 Å². The average Bonchev–Trinajstić information content (AvgIpc) is 2.60. The first kappa shape index (κ1) is 20.0. The van der Waals surface area contributed by atoms with E-state index in [1.807, 2.05) is 24.1 Å². The van der Waals surface area contributed by atoms with Gasteiger partial charge in [0.25, 0.3) is 0 Å². The fraction of sp³-hybridized carbons (Fsp3) is 0.600. The maximum atomic E-state index is 13.1. The van der Waals surface area contributed by atoms with Crippen molar-refractivity contribution in [2.75, 3.05) is 19.0 Å². The highest BCUT2D eigenvalue weighted by atomic mass is 16.2. The largest absolute Gasteiger partial charge is 0.324 e. The minimum Gasteiger partial charge on any atom is -0.322 e. The highest BCUT2D eigenvalue weighted by molar-refractivity contribution is 5.91. The van der Waals surface area contributed by atoms with Crippen LogP contribution in [0.5, 0.6) is 0 Å². The minimum absolute atomic E-state index is 0.00931. The molecule has 2 amide bonds. The molecule has 0 radical (unpaired) electrons. The van der Waals surface area contributed by atoms with Crippen LogP contribution in [0.1, 0.15) is 64.9 Å². The predicted octanol–water partition coefficient (Wildman–Crippen LogP) is 5.19. The van der Waals surface area contributed by atoms with Gasteiger partial charge in [-0.15, -0.1) is 0 Å². The molecule has 0 saturated carbocycles. The molecule has 1 aromatic rings. The lowest BCUT2D eigenvalue weighted by Gasteiger charge is -2.43. The number of nitriles is 1. The fourth-order valence-corrected chi connectivity index (χ4v) is 3.57. The van der Waals surface area contributed by atoms with Crippen LogP contribution in [-0.4, -0.2) is 30.6 Å². The molecular formula is C20H31N3O. The average molecular weight is 329 g/mol. The molecule has 0 unspecified atom stereocenters. The summed E-state index contributed by atoms with van der Waals surface area (Å²) in [5.41, 5.74) is 1.34. The number of benzene rings is 1. The van der Waals surface area contributed by atoms with E-state index in [4.69, 9.17) is 5.26 Å². The van der Waals surface area contributed by atoms with E-state index in [1.165, 1.54) is 0 Å². The molecule has 0 bridgehead atoms. The summed E-state index contributed by atoms with van der Waals surface area (Å²) in [6, 6.07) is 9.26. The maximum Gasteiger partial charge on any atom is 0.324 e. The van der Waals surface area contributed by atoms with Gasteiger partial charge in [0.2, 0.25) is 0 Å². The van der Waals surface area contributed by atoms with Crippen LogP contribution in [0.25, 0.3) is 0 Å². The van der Waals surface area contributed by atoms with Crippen LogP contribution in [0.4, 0.5) is 10.5 Å². The Morgan fingerprint density at radius 3 is 1.83 bits per heavy atom. The Labute approximate surface area is 147 Å². The molecule has 0 aliphatic rings. The summed E-state index contributed by atoms with van der Waals surface area (Å²) in [7, 11) is 3.73. The molecular weight excluding hydrogens is 298 g/mol. The zero-order valence-corrected chi connectivity index (χ0v) is 15.8. The maximum absolute atomic E-state index is 13.1. The zero-order chi connectivity index (χ0) is 18.2. The molecule has 24 heavy (non-hydrogen) atoms. The van der Waals surface area contributed by atoms with Gasteiger partial charge >= 0.3 is 6.03 Å². The highest BCUT2D eigenvalue weighted by Gasteiger charge is 2.36. The van der Waals surface area contributed by atoms with Gasteiger partial charge in [-0.3, -0.25) is 4.90 Å². The molecule has 0 N–H and O–H groups in total. The molecule has 0 saturated heterocycles. The number of hydrogen-bond donors (Lipinski definition) is 0. The molecule has 0 aliphatic heterocycles. The smallest absolute Gasteiger partial charge is 0.322 e. The first-order chi connectivity index (χ1) is 11.5. The Hall–Kier alpha value is -2.02. The molecule has 0 spiro atoms. The number of carbonyl (C=O) groups excluding carboxylic acids is 1. The molecule has 0 aromatic heterocycles. The van der Waals surface area contributed by atoms with Crippen LogP contribution in [0.3, 0.4) is 0 Å². The van der Waals surface area contributed by atoms with Gasteiger partial charge in [-0.05, 0) is 43.5 Å². The molecule has 132 valence electrons. The van der Waals surface area contributed by atoms with Crippen LogP contribution >= 0.6 is 0 Å². The van der Waals surface area contributed by atoms with Gasteiger partial charge in [0.05, 0.1) is 11.6 Å². The van der Waals surface area contributed by atoms with E-state index in [-0.39, 0.29) is 11.6 Å². The normalized spacial score (nSPS) is 11.0. The third-order valence-corrected chi connectivity index (χ3v) is 4.82. The Balaban J connectivity index is 3.04. The third kappa shape index (κ3) is 4.50. The van der Waals surface area contributed by atoms with Gasteiger partial charge in [-0.1, -0.05) is 40.0 Å². The van der Waals surface area contributed by atoms with Crippen LogP contribution in [0, 0.1) is 11.3 Å². The molecule has 0 atom stereocenters. The summed E-state index contributed by atoms with van der Waals surface area (Å²) in [6.45, 7) is 6.55. The van der Waals surface area contributed by atoms with Crippen LogP contribution in [-0.2, 0) is 0 Å². The van der Waals surface area contributed by atoms with Gasteiger partial charge in [-0.2, -0.15) is 5.26 Å². The Morgan fingerprint density at radius 1 is 1.00 bits per heavy atom. The quantitative estimate of drug-likeness (QED) is 0.659. The van der Waals surface area contributed by atoms with Crippen molar-refractivity contribution in [1.82, 2.24) is 4.90 Å². The number of amides is 2. The molecule has 0 fully saturated rings. The molecule has 1 aromatic carbocycles. The summed E-state index contributed by atoms with van der Waals surface area (Å²) >= 11 is 0. The van der Waals surface area contributed by atoms with Crippen LogP contribution in [0.2, 0.25) is 0 Å². The molecule has 0 aliphatic carbocycles. The topological polar surface area (TPSA) is 47.3 Å². The van der Waals surface area contributed by atoms with E-state index < -0.39 is 0 Å². The standard InChI is InChI=1S/C20H31N3O/c1-6-13-20(14-7-2,15-8-3)23(5)19(24)22(4)18-11-9-17(16-21)10-12-18/h9-12H,6-8,13-15H2,1-5H3. The summed E-state index contributed by atoms with van der Waals surface area (Å²) in [4.78, 5) is 16.7. The predicted molar refractivity (Wildman–Crippen MR) is 100 cm³/mol. The fourth-order valence-electron chi connectivity index (χ4n) is 3.57. The second-order valence-electron chi connectivity index (χ2n) is 6.53. The SMILES string of the molecule is CCCC(CCC)(CCC)N(C)C(=O)N(C)c1ccc(C#N)cc1. The van der Waals surface area contributed by atoms with Crippen LogP contribution < -0.4 is 4.90 Å². The lowest BCUT2D eigenvalue weighted by Crippen LogP contribution is -2.53. The number of nitrogens with zero attached hydrogens (tertiary/aromatic N) is 3. The van der Waals surface area contributed by atoms with Gasteiger partial charge in [0, 0.05) is 25.3 Å². The van der Waals surface area contributed by atoms with Crippen molar-refractivity contribution in [3.63, 3.8) is 0 Å². The van der Waals surface area contributed by atoms with Crippen molar-refractivity contribution in [3.8, 4) is 6.07 Å². The molecule has 4 nitrogen and oxygen atoms in total. The van der Waals surface area contributed by atoms with Crippen molar-refractivity contribution in [2.24, 2.45) is 0 Å². The zero-order valence-electron chi connectivity index (χ0n) is 15.8. The van der Waals surface area contributed by atoms with E-state index >= 15 is 0 Å². The second kappa shape index (κ2) is 9.32. The third-order valence-electron chi connectivity index (χ3n) is 4.82. The van der Waals surface area contributed by atoms with Gasteiger partial charge in [-0.25, -0.2) is 4.79 Å². The highest BCUT2D eigenvalue weighted by Crippen LogP contribution is 2.32. The Kier molecular flexibility index (Phi) is 7.78. The lowest BCUT2D eigenvalue weighted by atomic mass is 9.83. The van der Waals surface area contributed by atoms with Gasteiger partial charge in [0.1, 0.15) is 0 Å². The monoisotopic (exact) mass is 329 g/mol. The number of anilines is 1. The summed E-state index contributed by atoms with van der Waals surface area (Å²) in [5.74, 6) is 0. The van der Waals surface area contributed by atoms with E-state index in [2.05, 4.69) is 26.8 Å².